The van der Waals surface area contributed by atoms with Crippen molar-refractivity contribution in [2.45, 2.75) is 25.3 Å². The molecule has 1 aliphatic rings. The summed E-state index contributed by atoms with van der Waals surface area (Å²) in [5, 5.41) is 18.9. The number of thiazole rings is 1. The average Bonchev–Trinajstić information content (AvgIpc) is 3.58. The van der Waals surface area contributed by atoms with Gasteiger partial charge in [-0.05, 0) is 49.2 Å². The topological polar surface area (TPSA) is 117 Å². The highest BCUT2D eigenvalue weighted by molar-refractivity contribution is 7.14. The lowest BCUT2D eigenvalue weighted by Gasteiger charge is -2.23. The van der Waals surface area contributed by atoms with Gasteiger partial charge in [0.05, 0.1) is 15.7 Å². The van der Waals surface area contributed by atoms with Crippen LogP contribution in [0.3, 0.4) is 0 Å². The Morgan fingerprint density at radius 2 is 1.91 bits per heavy atom. The van der Waals surface area contributed by atoms with Gasteiger partial charge < -0.3 is 20.5 Å². The van der Waals surface area contributed by atoms with Crippen molar-refractivity contribution >= 4 is 63.7 Å². The fourth-order valence-corrected chi connectivity index (χ4v) is 5.00. The summed E-state index contributed by atoms with van der Waals surface area (Å²) < 4.78 is 5.45. The number of benzene rings is 2. The van der Waals surface area contributed by atoms with Crippen LogP contribution in [0, 0.1) is 5.41 Å². The zero-order chi connectivity index (χ0) is 23.7. The Labute approximate surface area is 222 Å². The molecule has 12 heteroatoms. The van der Waals surface area contributed by atoms with E-state index in [2.05, 4.69) is 20.4 Å². The van der Waals surface area contributed by atoms with Crippen molar-refractivity contribution in [3.8, 4) is 22.6 Å². The van der Waals surface area contributed by atoms with E-state index < -0.39 is 0 Å². The molecule has 1 aliphatic heterocycles. The Bertz CT molecular complexity index is 1320. The van der Waals surface area contributed by atoms with Crippen LogP contribution in [0.4, 0.5) is 10.8 Å². The molecule has 0 spiro atoms. The minimum absolute atomic E-state index is 0. The number of guanidine groups is 1. The molecule has 1 saturated heterocycles. The highest BCUT2D eigenvalue weighted by Gasteiger charge is 2.27. The summed E-state index contributed by atoms with van der Waals surface area (Å²) in [6.45, 7) is 0.795. The molecule has 4 N–H and O–H groups in total. The molecular weight excluding hydrogens is 529 g/mol. The van der Waals surface area contributed by atoms with Gasteiger partial charge in [-0.25, -0.2) is 4.98 Å². The number of nitrogens with two attached hydrogens (primary N) is 1. The van der Waals surface area contributed by atoms with Crippen LogP contribution in [0.1, 0.15) is 18.7 Å². The molecule has 2 aromatic carbocycles. The second kappa shape index (κ2) is 10.8. The largest absolute Gasteiger partial charge is 0.370 e. The number of nitrogens with zero attached hydrogens (tertiary/aromatic N) is 4. The van der Waals surface area contributed by atoms with Crippen LogP contribution in [0.5, 0.6) is 0 Å². The molecule has 0 saturated carbocycles. The molecule has 35 heavy (non-hydrogen) atoms. The van der Waals surface area contributed by atoms with Crippen LogP contribution in [0.15, 0.2) is 52.4 Å². The first kappa shape index (κ1) is 25.2. The Balaban J connectivity index is 0.00000289. The smallest absolute Gasteiger partial charge is 0.229 e. The van der Waals surface area contributed by atoms with Gasteiger partial charge in [0.2, 0.25) is 11.7 Å². The monoisotopic (exact) mass is 549 g/mol. The zero-order valence-electron chi connectivity index (χ0n) is 18.4. The van der Waals surface area contributed by atoms with Crippen LogP contribution in [0.2, 0.25) is 10.0 Å². The van der Waals surface area contributed by atoms with Gasteiger partial charge in [-0.15, -0.1) is 23.7 Å². The predicted molar refractivity (Wildman–Crippen MR) is 143 cm³/mol. The second-order valence-corrected chi connectivity index (χ2v) is 9.63. The molecule has 0 bridgehead atoms. The minimum atomic E-state index is 0. The van der Waals surface area contributed by atoms with Crippen molar-refractivity contribution < 1.29 is 4.52 Å². The van der Waals surface area contributed by atoms with Gasteiger partial charge in [0, 0.05) is 41.2 Å². The molecule has 3 heterocycles. The van der Waals surface area contributed by atoms with Crippen LogP contribution < -0.4 is 11.1 Å². The number of aromatic nitrogens is 3. The normalized spacial score (nSPS) is 15.1. The summed E-state index contributed by atoms with van der Waals surface area (Å²) in [6.07, 6.45) is 2.55. The van der Waals surface area contributed by atoms with Gasteiger partial charge in [-0.2, -0.15) is 4.98 Å². The molecule has 1 atom stereocenters. The van der Waals surface area contributed by atoms with Crippen LogP contribution in [0.25, 0.3) is 22.6 Å². The molecule has 0 radical (unpaired) electrons. The third-order valence-corrected chi connectivity index (χ3v) is 7.18. The van der Waals surface area contributed by atoms with Crippen molar-refractivity contribution in [3.63, 3.8) is 0 Å². The molecule has 1 fully saturated rings. The van der Waals surface area contributed by atoms with Crippen molar-refractivity contribution in [3.05, 3.63) is 63.8 Å². The number of hydrogen-bond donors (Lipinski definition) is 3. The van der Waals surface area contributed by atoms with Crippen molar-refractivity contribution in [1.82, 2.24) is 20.0 Å². The summed E-state index contributed by atoms with van der Waals surface area (Å²) in [4.78, 5) is 11.1. The SMILES string of the molecule is Cl.N=C(N)N1CCC[C@H]1Cc1nc(-c2ccc(Nc3nc(-c4ccc(Cl)c(Cl)c4)cs3)cc2)no1. The van der Waals surface area contributed by atoms with E-state index in [0.29, 0.717) is 28.2 Å². The van der Waals surface area contributed by atoms with Crippen LogP contribution >= 0.6 is 46.9 Å². The second-order valence-electron chi connectivity index (χ2n) is 7.96. The van der Waals surface area contributed by atoms with Crippen LogP contribution in [-0.4, -0.2) is 38.6 Å². The molecule has 0 amide bonds. The van der Waals surface area contributed by atoms with Gasteiger partial charge in [0.15, 0.2) is 11.1 Å². The summed E-state index contributed by atoms with van der Waals surface area (Å²) in [7, 11) is 0. The molecule has 8 nitrogen and oxygen atoms in total. The first-order valence-electron chi connectivity index (χ1n) is 10.7. The zero-order valence-corrected chi connectivity index (χ0v) is 21.5. The van der Waals surface area contributed by atoms with E-state index in [1.807, 2.05) is 40.6 Å². The highest BCUT2D eigenvalue weighted by atomic mass is 35.5. The predicted octanol–water partition coefficient (Wildman–Crippen LogP) is 6.23. The number of rotatable bonds is 6. The average molecular weight is 551 g/mol. The van der Waals surface area contributed by atoms with Crippen molar-refractivity contribution in [1.29, 1.82) is 5.41 Å². The molecule has 2 aromatic heterocycles. The van der Waals surface area contributed by atoms with Gasteiger partial charge in [0.1, 0.15) is 0 Å². The van der Waals surface area contributed by atoms with Gasteiger partial charge in [0.25, 0.3) is 0 Å². The fourth-order valence-electron chi connectivity index (χ4n) is 3.97. The molecule has 4 aromatic rings. The first-order valence-corrected chi connectivity index (χ1v) is 12.3. The Hall–Kier alpha value is -2.85. The molecular formula is C23H22Cl3N7OS. The maximum atomic E-state index is 7.71. The highest BCUT2D eigenvalue weighted by Crippen LogP contribution is 2.32. The Kier molecular flexibility index (Phi) is 7.81. The van der Waals surface area contributed by atoms with E-state index in [9.17, 15) is 0 Å². The molecule has 0 unspecified atom stereocenters. The standard InChI is InChI=1S/C23H21Cl2N7OS.ClH/c24-17-8-5-14(10-18(17)25)19-12-34-23(29-19)28-15-6-3-13(4-7-15)21-30-20(33-31-21)11-16-2-1-9-32(16)22(26)27;/h3-8,10,12,16H,1-2,9,11H2,(H3,26,27)(H,28,29);1H/t16-;/m0./s1. The third-order valence-electron chi connectivity index (χ3n) is 5.68. The van der Waals surface area contributed by atoms with Gasteiger partial charge in [-0.1, -0.05) is 34.4 Å². The molecule has 0 aliphatic carbocycles. The van der Waals surface area contributed by atoms with E-state index in [1.54, 1.807) is 12.1 Å². The fraction of sp³-hybridized carbons (Fsp3) is 0.217. The number of likely N-dealkylation sites (tertiary alicyclic amines) is 1. The van der Waals surface area contributed by atoms with Crippen LogP contribution in [-0.2, 0) is 6.42 Å². The Morgan fingerprint density at radius 3 is 2.66 bits per heavy atom. The summed E-state index contributed by atoms with van der Waals surface area (Å²) in [5.74, 6) is 1.17. The maximum absolute atomic E-state index is 7.71. The van der Waals surface area contributed by atoms with Gasteiger partial charge >= 0.3 is 0 Å². The van der Waals surface area contributed by atoms with E-state index >= 15 is 0 Å². The summed E-state index contributed by atoms with van der Waals surface area (Å²) >= 11 is 13.6. The maximum Gasteiger partial charge on any atom is 0.229 e. The molecule has 5 rings (SSSR count). The summed E-state index contributed by atoms with van der Waals surface area (Å²) in [6, 6.07) is 13.3. The minimum Gasteiger partial charge on any atom is -0.370 e. The lowest BCUT2D eigenvalue weighted by atomic mass is 10.1. The van der Waals surface area contributed by atoms with Crippen molar-refractivity contribution in [2.75, 3.05) is 11.9 Å². The molecule has 182 valence electrons. The van der Waals surface area contributed by atoms with E-state index in [-0.39, 0.29) is 24.4 Å². The van der Waals surface area contributed by atoms with E-state index in [4.69, 9.17) is 38.9 Å². The van der Waals surface area contributed by atoms with E-state index in [1.165, 1.54) is 11.3 Å². The Morgan fingerprint density at radius 1 is 1.14 bits per heavy atom. The quantitative estimate of drug-likeness (QED) is 0.192. The lowest BCUT2D eigenvalue weighted by molar-refractivity contribution is 0.320. The van der Waals surface area contributed by atoms with E-state index in [0.717, 1.165) is 47.0 Å². The number of nitrogens with one attached hydrogen (secondary N) is 2. The third kappa shape index (κ3) is 5.70. The van der Waals surface area contributed by atoms with Crippen molar-refractivity contribution in [2.24, 2.45) is 5.73 Å². The van der Waals surface area contributed by atoms with Gasteiger partial charge in [-0.3, -0.25) is 5.41 Å². The lowest BCUT2D eigenvalue weighted by Crippen LogP contribution is -2.41. The summed E-state index contributed by atoms with van der Waals surface area (Å²) in [5.41, 5.74) is 9.15. The first-order chi connectivity index (χ1) is 16.5. The number of halogens is 3. The number of hydrogen-bond acceptors (Lipinski definition) is 7. The number of anilines is 2.